The van der Waals surface area contributed by atoms with Crippen molar-refractivity contribution < 1.29 is 18.7 Å². The molecule has 0 aliphatic carbocycles. The van der Waals surface area contributed by atoms with Crippen LogP contribution < -0.4 is 10.4 Å². The molecule has 1 atom stereocenters. The lowest BCUT2D eigenvalue weighted by molar-refractivity contribution is -0.150. The Morgan fingerprint density at radius 2 is 2.04 bits per heavy atom. The lowest BCUT2D eigenvalue weighted by Gasteiger charge is -2.14. The van der Waals surface area contributed by atoms with E-state index in [0.29, 0.717) is 17.9 Å². The molecule has 2 rings (SSSR count). The van der Waals surface area contributed by atoms with Gasteiger partial charge in [-0.15, -0.1) is 0 Å². The molecule has 0 amide bonds. The molecule has 0 aliphatic heterocycles. The molecule has 124 valence electrons. The quantitative estimate of drug-likeness (QED) is 0.578. The summed E-state index contributed by atoms with van der Waals surface area (Å²) in [5.74, 6) is 0.0413. The number of aryl methyl sites for hydroxylation is 1. The highest BCUT2D eigenvalue weighted by Gasteiger charge is 2.16. The van der Waals surface area contributed by atoms with Crippen molar-refractivity contribution in [1.82, 2.24) is 0 Å². The van der Waals surface area contributed by atoms with Crippen LogP contribution in [0.1, 0.15) is 39.2 Å². The molecule has 5 nitrogen and oxygen atoms in total. The van der Waals surface area contributed by atoms with Crippen molar-refractivity contribution in [3.8, 4) is 5.75 Å². The molecule has 0 bridgehead atoms. The van der Waals surface area contributed by atoms with Gasteiger partial charge in [-0.1, -0.05) is 13.3 Å². The van der Waals surface area contributed by atoms with Crippen LogP contribution >= 0.6 is 0 Å². The zero-order chi connectivity index (χ0) is 16.8. The largest absolute Gasteiger partial charge is 0.479 e. The predicted octanol–water partition coefficient (Wildman–Crippen LogP) is 3.47. The number of ether oxygens (including phenoxy) is 2. The second kappa shape index (κ2) is 7.81. The molecule has 1 unspecified atom stereocenters. The minimum atomic E-state index is -0.720. The number of unbranched alkanes of at least 4 members (excludes halogenated alkanes) is 1. The summed E-state index contributed by atoms with van der Waals surface area (Å²) >= 11 is 0. The van der Waals surface area contributed by atoms with E-state index in [2.05, 4.69) is 6.92 Å². The first-order valence-electron chi connectivity index (χ1n) is 7.95. The zero-order valence-electron chi connectivity index (χ0n) is 13.8. The van der Waals surface area contributed by atoms with Gasteiger partial charge in [0.1, 0.15) is 11.3 Å². The van der Waals surface area contributed by atoms with E-state index in [-0.39, 0.29) is 5.63 Å². The van der Waals surface area contributed by atoms with E-state index in [1.54, 1.807) is 32.0 Å². The van der Waals surface area contributed by atoms with Crippen molar-refractivity contribution in [3.05, 3.63) is 40.2 Å². The van der Waals surface area contributed by atoms with Gasteiger partial charge in [-0.05, 0) is 44.4 Å². The first-order valence-corrected chi connectivity index (χ1v) is 7.95. The molecular formula is C18H22O5. The predicted molar refractivity (Wildman–Crippen MR) is 87.8 cm³/mol. The van der Waals surface area contributed by atoms with Crippen LogP contribution in [0.25, 0.3) is 11.0 Å². The van der Waals surface area contributed by atoms with Crippen LogP contribution in [0.3, 0.4) is 0 Å². The molecule has 1 aromatic heterocycles. The van der Waals surface area contributed by atoms with Crippen LogP contribution in [0, 0.1) is 0 Å². The average Bonchev–Trinajstić information content (AvgIpc) is 2.52. The third-order valence-electron chi connectivity index (χ3n) is 3.53. The van der Waals surface area contributed by atoms with Crippen molar-refractivity contribution in [3.63, 3.8) is 0 Å². The maximum Gasteiger partial charge on any atom is 0.347 e. The minimum absolute atomic E-state index is 0.305. The molecule has 23 heavy (non-hydrogen) atoms. The number of carbonyl (C=O) groups is 1. The van der Waals surface area contributed by atoms with Gasteiger partial charge in [0.25, 0.3) is 0 Å². The maximum atomic E-state index is 11.7. The Morgan fingerprint density at radius 1 is 1.26 bits per heavy atom. The summed E-state index contributed by atoms with van der Waals surface area (Å²) in [7, 11) is 0. The Labute approximate surface area is 135 Å². The molecule has 2 aromatic rings. The summed E-state index contributed by atoms with van der Waals surface area (Å²) in [5, 5.41) is 0.897. The molecule has 1 heterocycles. The second-order valence-corrected chi connectivity index (χ2v) is 5.36. The van der Waals surface area contributed by atoms with Crippen LogP contribution in [0.5, 0.6) is 5.75 Å². The molecule has 0 saturated carbocycles. The van der Waals surface area contributed by atoms with E-state index in [4.69, 9.17) is 13.9 Å². The molecule has 5 heteroatoms. The Kier molecular flexibility index (Phi) is 5.79. The molecule has 0 saturated heterocycles. The van der Waals surface area contributed by atoms with Crippen molar-refractivity contribution in [2.24, 2.45) is 0 Å². The monoisotopic (exact) mass is 318 g/mol. The van der Waals surface area contributed by atoms with E-state index < -0.39 is 12.1 Å². The Balaban J connectivity index is 2.28. The van der Waals surface area contributed by atoms with Crippen molar-refractivity contribution in [1.29, 1.82) is 0 Å². The number of esters is 1. The van der Waals surface area contributed by atoms with E-state index in [1.165, 1.54) is 0 Å². The third kappa shape index (κ3) is 4.34. The standard InChI is InChI=1S/C18H22O5/c1-4-6-7-13-10-17(19)23-16-11-14(8-9-15(13)16)22-12(3)18(20)21-5-2/h8-12H,4-7H2,1-3H3. The second-order valence-electron chi connectivity index (χ2n) is 5.36. The van der Waals surface area contributed by atoms with Crippen LogP contribution in [0.15, 0.2) is 33.5 Å². The Hall–Kier alpha value is -2.30. The molecular weight excluding hydrogens is 296 g/mol. The van der Waals surface area contributed by atoms with Gasteiger partial charge in [0.05, 0.1) is 6.61 Å². The lowest BCUT2D eigenvalue weighted by Crippen LogP contribution is -2.26. The van der Waals surface area contributed by atoms with Gasteiger partial charge >= 0.3 is 11.6 Å². The molecule has 0 fully saturated rings. The summed E-state index contributed by atoms with van der Waals surface area (Å²) in [6.45, 7) is 5.78. The molecule has 0 aliphatic rings. The summed E-state index contributed by atoms with van der Waals surface area (Å²) in [6, 6.07) is 6.81. The van der Waals surface area contributed by atoms with E-state index in [1.807, 2.05) is 6.07 Å². The highest BCUT2D eigenvalue weighted by atomic mass is 16.6. The van der Waals surface area contributed by atoms with Crippen molar-refractivity contribution in [2.75, 3.05) is 6.61 Å². The third-order valence-corrected chi connectivity index (χ3v) is 3.53. The fourth-order valence-corrected chi connectivity index (χ4v) is 2.37. The highest BCUT2D eigenvalue weighted by Crippen LogP contribution is 2.24. The zero-order valence-corrected chi connectivity index (χ0v) is 13.8. The van der Waals surface area contributed by atoms with Gasteiger partial charge in [-0.25, -0.2) is 9.59 Å². The Morgan fingerprint density at radius 3 is 2.74 bits per heavy atom. The topological polar surface area (TPSA) is 65.7 Å². The number of carbonyl (C=O) groups excluding carboxylic acids is 1. The smallest absolute Gasteiger partial charge is 0.347 e. The number of hydrogen-bond acceptors (Lipinski definition) is 5. The van der Waals surface area contributed by atoms with Crippen LogP contribution in [0.2, 0.25) is 0 Å². The van der Waals surface area contributed by atoms with Gasteiger partial charge in [-0.3, -0.25) is 0 Å². The fraction of sp³-hybridized carbons (Fsp3) is 0.444. The maximum absolute atomic E-state index is 11.7. The molecule has 0 radical (unpaired) electrons. The number of fused-ring (bicyclic) bond motifs is 1. The summed E-state index contributed by atoms with van der Waals surface area (Å²) in [6.07, 6.45) is 2.18. The van der Waals surface area contributed by atoms with E-state index >= 15 is 0 Å². The average molecular weight is 318 g/mol. The lowest BCUT2D eigenvalue weighted by atomic mass is 10.0. The molecule has 0 spiro atoms. The van der Waals surface area contributed by atoms with Gasteiger partial charge in [0.15, 0.2) is 6.10 Å². The summed E-state index contributed by atoms with van der Waals surface area (Å²) < 4.78 is 15.7. The van der Waals surface area contributed by atoms with E-state index in [0.717, 1.165) is 30.2 Å². The normalized spacial score (nSPS) is 12.1. The van der Waals surface area contributed by atoms with E-state index in [9.17, 15) is 9.59 Å². The first kappa shape index (κ1) is 17.1. The van der Waals surface area contributed by atoms with Crippen LogP contribution in [-0.4, -0.2) is 18.7 Å². The van der Waals surface area contributed by atoms with Gasteiger partial charge in [-0.2, -0.15) is 0 Å². The van der Waals surface area contributed by atoms with Gasteiger partial charge in [0, 0.05) is 17.5 Å². The minimum Gasteiger partial charge on any atom is -0.479 e. The number of rotatable bonds is 7. The number of hydrogen-bond donors (Lipinski definition) is 0. The Bertz CT molecular complexity index is 732. The summed E-state index contributed by atoms with van der Waals surface area (Å²) in [4.78, 5) is 23.3. The van der Waals surface area contributed by atoms with Crippen LogP contribution in [0.4, 0.5) is 0 Å². The van der Waals surface area contributed by atoms with Crippen molar-refractivity contribution in [2.45, 2.75) is 46.1 Å². The van der Waals surface area contributed by atoms with Crippen molar-refractivity contribution >= 4 is 16.9 Å². The fourth-order valence-electron chi connectivity index (χ4n) is 2.37. The highest BCUT2D eigenvalue weighted by molar-refractivity contribution is 5.82. The first-order chi connectivity index (χ1) is 11.0. The molecule has 1 aromatic carbocycles. The summed E-state index contributed by atoms with van der Waals surface area (Å²) in [5.41, 5.74) is 1.07. The van der Waals surface area contributed by atoms with Gasteiger partial charge in [0.2, 0.25) is 0 Å². The number of benzene rings is 1. The van der Waals surface area contributed by atoms with Gasteiger partial charge < -0.3 is 13.9 Å². The SMILES string of the molecule is CCCCc1cc(=O)oc2cc(OC(C)C(=O)OCC)ccc12. The molecule has 0 N–H and O–H groups in total. The van der Waals surface area contributed by atoms with Crippen LogP contribution in [-0.2, 0) is 16.0 Å².